The van der Waals surface area contributed by atoms with Crippen molar-refractivity contribution in [3.63, 3.8) is 0 Å². The van der Waals surface area contributed by atoms with E-state index in [2.05, 4.69) is 11.9 Å². The fraction of sp³-hybridized carbons (Fsp3) is 0.684. The first-order chi connectivity index (χ1) is 15.0. The van der Waals surface area contributed by atoms with Gasteiger partial charge in [-0.05, 0) is 6.42 Å². The van der Waals surface area contributed by atoms with Gasteiger partial charge in [0.25, 0.3) is 0 Å². The summed E-state index contributed by atoms with van der Waals surface area (Å²) in [7, 11) is 0. The average Bonchev–Trinajstić information content (AvgIpc) is 2.67. The molecule has 7 N–H and O–H groups in total. The van der Waals surface area contributed by atoms with Gasteiger partial charge >= 0.3 is 17.9 Å². The van der Waals surface area contributed by atoms with Crippen molar-refractivity contribution in [3.05, 3.63) is 12.2 Å². The standard InChI is InChI=1S/C19H33N5O8/c1-14(18(20)32)19(2-9-25)13-23(11-16(28)29)8-7-22(10-15(26)27)5-3-21-4-6-24(19)12-17(30)31/h21,25H,1-13H2,(H2,20,32)(H,26,27)(H,28,29)(H,30,31). The van der Waals surface area contributed by atoms with Gasteiger partial charge in [0.05, 0.1) is 25.2 Å². The number of carbonyl (C=O) groups is 4. The van der Waals surface area contributed by atoms with Crippen LogP contribution in [0.5, 0.6) is 0 Å². The number of aliphatic carboxylic acids is 3. The number of carbonyl (C=O) groups excluding carboxylic acids is 1. The Labute approximate surface area is 186 Å². The van der Waals surface area contributed by atoms with E-state index in [4.69, 9.17) is 10.8 Å². The summed E-state index contributed by atoms with van der Waals surface area (Å²) in [6.07, 6.45) is -0.100. The third-order valence-corrected chi connectivity index (χ3v) is 5.41. The van der Waals surface area contributed by atoms with Gasteiger partial charge in [-0.15, -0.1) is 0 Å². The van der Waals surface area contributed by atoms with E-state index >= 15 is 0 Å². The van der Waals surface area contributed by atoms with Gasteiger partial charge in [-0.3, -0.25) is 33.9 Å². The van der Waals surface area contributed by atoms with Crippen molar-refractivity contribution in [3.8, 4) is 0 Å². The van der Waals surface area contributed by atoms with Crippen LogP contribution in [-0.4, -0.2) is 137 Å². The number of aliphatic hydroxyl groups excluding tert-OH is 1. The topological polar surface area (TPSA) is 197 Å². The Kier molecular flexibility index (Phi) is 11.2. The highest BCUT2D eigenvalue weighted by atomic mass is 16.4. The smallest absolute Gasteiger partial charge is 0.317 e. The summed E-state index contributed by atoms with van der Waals surface area (Å²) in [6.45, 7) is 3.61. The zero-order valence-electron chi connectivity index (χ0n) is 18.0. The van der Waals surface area contributed by atoms with Gasteiger partial charge in [-0.25, -0.2) is 0 Å². The monoisotopic (exact) mass is 459 g/mol. The summed E-state index contributed by atoms with van der Waals surface area (Å²) in [4.78, 5) is 51.0. The third kappa shape index (κ3) is 8.51. The van der Waals surface area contributed by atoms with E-state index in [1.54, 1.807) is 4.90 Å². The van der Waals surface area contributed by atoms with Gasteiger partial charge in [0.1, 0.15) is 0 Å². The van der Waals surface area contributed by atoms with Crippen molar-refractivity contribution >= 4 is 23.8 Å². The van der Waals surface area contributed by atoms with E-state index in [1.807, 2.05) is 0 Å². The summed E-state index contributed by atoms with van der Waals surface area (Å²) in [5.41, 5.74) is 3.92. The Morgan fingerprint density at radius 3 is 1.94 bits per heavy atom. The molecule has 0 bridgehead atoms. The van der Waals surface area contributed by atoms with Crippen LogP contribution in [0.1, 0.15) is 6.42 Å². The maximum absolute atomic E-state index is 12.1. The molecule has 1 amide bonds. The zero-order chi connectivity index (χ0) is 24.3. The molecule has 13 nitrogen and oxygen atoms in total. The molecule has 1 unspecified atom stereocenters. The van der Waals surface area contributed by atoms with Crippen LogP contribution in [0.15, 0.2) is 12.2 Å². The molecule has 0 radical (unpaired) electrons. The molecule has 1 atom stereocenters. The van der Waals surface area contributed by atoms with Crippen molar-refractivity contribution in [2.45, 2.75) is 12.0 Å². The second-order valence-corrected chi connectivity index (χ2v) is 7.69. The van der Waals surface area contributed by atoms with E-state index in [0.717, 1.165) is 0 Å². The summed E-state index contributed by atoms with van der Waals surface area (Å²) in [6, 6.07) is 0. The number of nitrogens with two attached hydrogens (primary N) is 1. The number of nitrogens with zero attached hydrogens (tertiary/aromatic N) is 3. The minimum absolute atomic E-state index is 0.100. The molecular weight excluding hydrogens is 426 g/mol. The van der Waals surface area contributed by atoms with Crippen LogP contribution in [0.3, 0.4) is 0 Å². The maximum Gasteiger partial charge on any atom is 0.317 e. The van der Waals surface area contributed by atoms with Crippen LogP contribution in [0.4, 0.5) is 0 Å². The van der Waals surface area contributed by atoms with Crippen LogP contribution in [0, 0.1) is 0 Å². The first kappa shape index (κ1) is 27.5. The second-order valence-electron chi connectivity index (χ2n) is 7.69. The van der Waals surface area contributed by atoms with E-state index in [1.165, 1.54) is 9.80 Å². The van der Waals surface area contributed by atoms with Crippen molar-refractivity contribution in [1.29, 1.82) is 0 Å². The average molecular weight is 460 g/mol. The molecule has 182 valence electrons. The fourth-order valence-corrected chi connectivity index (χ4v) is 3.89. The van der Waals surface area contributed by atoms with Crippen LogP contribution in [0.2, 0.25) is 0 Å². The SMILES string of the molecule is C=C(C(N)=O)C1(CCO)CN(CC(=O)O)CCN(CC(=O)O)CCNCCN1CC(=O)O. The summed E-state index contributed by atoms with van der Waals surface area (Å²) in [5.74, 6) is -4.24. The third-order valence-electron chi connectivity index (χ3n) is 5.41. The second kappa shape index (κ2) is 13.1. The number of rotatable bonds is 10. The van der Waals surface area contributed by atoms with Gasteiger partial charge in [-0.1, -0.05) is 6.58 Å². The number of nitrogens with one attached hydrogen (secondary N) is 1. The van der Waals surface area contributed by atoms with Crippen LogP contribution in [0.25, 0.3) is 0 Å². The Bertz CT molecular complexity index is 703. The van der Waals surface area contributed by atoms with E-state index in [9.17, 15) is 34.5 Å². The number of hydrogen-bond donors (Lipinski definition) is 6. The zero-order valence-corrected chi connectivity index (χ0v) is 18.0. The van der Waals surface area contributed by atoms with Crippen molar-refractivity contribution in [2.75, 3.05) is 72.1 Å². The lowest BCUT2D eigenvalue weighted by Crippen LogP contribution is -2.62. The van der Waals surface area contributed by atoms with Crippen molar-refractivity contribution in [2.24, 2.45) is 5.73 Å². The molecule has 1 saturated heterocycles. The van der Waals surface area contributed by atoms with Gasteiger partial charge in [0.15, 0.2) is 0 Å². The number of hydrogen-bond acceptors (Lipinski definition) is 9. The largest absolute Gasteiger partial charge is 0.480 e. The van der Waals surface area contributed by atoms with Crippen molar-refractivity contribution < 1.29 is 39.6 Å². The molecule has 0 saturated carbocycles. The molecule has 1 aliphatic heterocycles. The highest BCUT2D eigenvalue weighted by molar-refractivity contribution is 5.94. The highest BCUT2D eigenvalue weighted by Crippen LogP contribution is 2.29. The first-order valence-electron chi connectivity index (χ1n) is 10.2. The Hall–Kier alpha value is -2.58. The van der Waals surface area contributed by atoms with Gasteiger partial charge in [-0.2, -0.15) is 0 Å². The molecule has 0 aliphatic carbocycles. The molecule has 0 spiro atoms. The lowest BCUT2D eigenvalue weighted by Gasteiger charge is -2.46. The predicted molar refractivity (Wildman–Crippen MR) is 113 cm³/mol. The Morgan fingerprint density at radius 2 is 1.41 bits per heavy atom. The number of amides is 1. The Balaban J connectivity index is 3.44. The molecule has 0 aromatic carbocycles. The van der Waals surface area contributed by atoms with Gasteiger partial charge in [0.2, 0.25) is 5.91 Å². The molecule has 32 heavy (non-hydrogen) atoms. The summed E-state index contributed by atoms with van der Waals surface area (Å²) in [5, 5.41) is 40.9. The lowest BCUT2D eigenvalue weighted by molar-refractivity contribution is -0.142. The molecule has 1 rings (SSSR count). The van der Waals surface area contributed by atoms with Crippen LogP contribution < -0.4 is 11.1 Å². The predicted octanol–water partition coefficient (Wildman–Crippen LogP) is -3.09. The minimum atomic E-state index is -1.44. The number of aliphatic hydroxyl groups is 1. The molecular formula is C19H33N5O8. The molecule has 13 heteroatoms. The lowest BCUT2D eigenvalue weighted by atomic mass is 9.83. The number of carboxylic acids is 3. The Morgan fingerprint density at radius 1 is 0.875 bits per heavy atom. The van der Waals surface area contributed by atoms with Crippen LogP contribution >= 0.6 is 0 Å². The molecule has 1 aliphatic rings. The fourth-order valence-electron chi connectivity index (χ4n) is 3.89. The normalized spacial score (nSPS) is 22.4. The summed E-state index contributed by atoms with van der Waals surface area (Å²) < 4.78 is 0. The highest BCUT2D eigenvalue weighted by Gasteiger charge is 2.43. The van der Waals surface area contributed by atoms with E-state index in [-0.39, 0.29) is 44.7 Å². The first-order valence-corrected chi connectivity index (χ1v) is 10.2. The summed E-state index contributed by atoms with van der Waals surface area (Å²) >= 11 is 0. The van der Waals surface area contributed by atoms with Gasteiger partial charge in [0, 0.05) is 58.0 Å². The number of primary amides is 1. The van der Waals surface area contributed by atoms with E-state index in [0.29, 0.717) is 19.6 Å². The van der Waals surface area contributed by atoms with Crippen molar-refractivity contribution in [1.82, 2.24) is 20.0 Å². The van der Waals surface area contributed by atoms with Gasteiger partial charge < -0.3 is 31.5 Å². The maximum atomic E-state index is 12.1. The van der Waals surface area contributed by atoms with Crippen LogP contribution in [-0.2, 0) is 19.2 Å². The molecule has 0 aromatic rings. The number of carboxylic acid groups (broad SMARTS) is 3. The quantitative estimate of drug-likeness (QED) is 0.180. The minimum Gasteiger partial charge on any atom is -0.480 e. The van der Waals surface area contributed by atoms with E-state index < -0.39 is 49.1 Å². The molecule has 1 fully saturated rings. The molecule has 1 heterocycles. The molecule has 0 aromatic heterocycles.